The summed E-state index contributed by atoms with van der Waals surface area (Å²) in [5, 5.41) is 9.86. The Morgan fingerprint density at radius 3 is 2.48 bits per heavy atom. The Balaban J connectivity index is 0.00000220. The van der Waals surface area contributed by atoms with Gasteiger partial charge in [0.1, 0.15) is 17.9 Å². The molecule has 1 aliphatic rings. The number of phenols is 1. The summed E-state index contributed by atoms with van der Waals surface area (Å²) < 4.78 is 6.12. The first kappa shape index (κ1) is 18.3. The van der Waals surface area contributed by atoms with Gasteiger partial charge in [0, 0.05) is 11.8 Å². The van der Waals surface area contributed by atoms with E-state index in [2.05, 4.69) is 33.4 Å². The Morgan fingerprint density at radius 1 is 1.33 bits per heavy atom. The minimum atomic E-state index is 0. The molecule has 120 valence electrons. The molecule has 0 aromatic heterocycles. The third-order valence-corrected chi connectivity index (χ3v) is 4.92. The summed E-state index contributed by atoms with van der Waals surface area (Å²) in [6.07, 6.45) is 3.31. The van der Waals surface area contributed by atoms with Crippen molar-refractivity contribution in [1.82, 2.24) is 0 Å². The molecule has 2 atom stereocenters. The number of fused-ring (bicyclic) bond motifs is 1. The minimum Gasteiger partial charge on any atom is -1.00 e. The first-order valence-electron chi connectivity index (χ1n) is 7.75. The second-order valence-corrected chi connectivity index (χ2v) is 6.24. The average molecular weight is 314 g/mol. The van der Waals surface area contributed by atoms with Gasteiger partial charge in [-0.15, -0.1) is 0 Å². The van der Waals surface area contributed by atoms with Crippen LogP contribution >= 0.6 is 0 Å². The summed E-state index contributed by atoms with van der Waals surface area (Å²) in [6.45, 7) is 8.60. The highest BCUT2D eigenvalue weighted by molar-refractivity contribution is 5.44. The second-order valence-electron chi connectivity index (χ2n) is 6.24. The second kappa shape index (κ2) is 6.99. The molecule has 21 heavy (non-hydrogen) atoms. The van der Waals surface area contributed by atoms with Crippen molar-refractivity contribution in [3.05, 3.63) is 29.3 Å². The number of hydrogen-bond acceptors (Lipinski definition) is 2. The Morgan fingerprint density at radius 2 is 1.95 bits per heavy atom. The maximum absolute atomic E-state index is 9.86. The van der Waals surface area contributed by atoms with Gasteiger partial charge in [-0.25, -0.2) is 0 Å². The molecule has 0 heterocycles. The van der Waals surface area contributed by atoms with Crippen LogP contribution in [0, 0.1) is 0 Å². The molecule has 2 rings (SSSR count). The van der Waals surface area contributed by atoms with Crippen LogP contribution in [0.4, 0.5) is 0 Å². The first-order valence-corrected chi connectivity index (χ1v) is 7.75. The van der Waals surface area contributed by atoms with Crippen LogP contribution in [0.25, 0.3) is 0 Å². The molecule has 0 fully saturated rings. The summed E-state index contributed by atoms with van der Waals surface area (Å²) >= 11 is 0. The van der Waals surface area contributed by atoms with Crippen LogP contribution in [0.5, 0.6) is 5.75 Å². The van der Waals surface area contributed by atoms with Gasteiger partial charge in [-0.1, -0.05) is 19.9 Å². The number of phenolic OH excluding ortho intramolecular Hbond substituents is 1. The molecule has 0 aliphatic heterocycles. The molecule has 4 heteroatoms. The fourth-order valence-electron chi connectivity index (χ4n) is 3.77. The van der Waals surface area contributed by atoms with Gasteiger partial charge in [-0.3, -0.25) is 0 Å². The van der Waals surface area contributed by atoms with Crippen molar-refractivity contribution in [2.24, 2.45) is 0 Å². The van der Waals surface area contributed by atoms with Gasteiger partial charge in [-0.05, 0) is 49.9 Å². The average Bonchev–Trinajstić information content (AvgIpc) is 2.41. The molecule has 0 spiro atoms. The van der Waals surface area contributed by atoms with Crippen molar-refractivity contribution in [1.29, 1.82) is 0 Å². The summed E-state index contributed by atoms with van der Waals surface area (Å²) in [5.74, 6) is 0.352. The Bertz CT molecular complexity index is 472. The van der Waals surface area contributed by atoms with Gasteiger partial charge in [0.15, 0.2) is 0 Å². The smallest absolute Gasteiger partial charge is 0.121 e. The van der Waals surface area contributed by atoms with Crippen LogP contribution in [0.1, 0.15) is 51.7 Å². The highest BCUT2D eigenvalue weighted by Gasteiger charge is 2.48. The third kappa shape index (κ3) is 3.20. The zero-order valence-electron chi connectivity index (χ0n) is 13.5. The third-order valence-electron chi connectivity index (χ3n) is 4.92. The molecular weight excluding hydrogens is 286 g/mol. The van der Waals surface area contributed by atoms with Crippen molar-refractivity contribution in [3.63, 3.8) is 0 Å². The van der Waals surface area contributed by atoms with E-state index in [9.17, 15) is 5.11 Å². The van der Waals surface area contributed by atoms with Crippen LogP contribution in [0.15, 0.2) is 18.2 Å². The van der Waals surface area contributed by atoms with Crippen LogP contribution in [-0.4, -0.2) is 23.4 Å². The van der Waals surface area contributed by atoms with Crippen LogP contribution < -0.4 is 18.1 Å². The minimum absolute atomic E-state index is 0. The Hall–Kier alpha value is -0.770. The van der Waals surface area contributed by atoms with E-state index in [1.807, 2.05) is 12.1 Å². The number of aromatic hydroxyl groups is 1. The van der Waals surface area contributed by atoms with Crippen molar-refractivity contribution in [3.8, 4) is 5.75 Å². The van der Waals surface area contributed by atoms with Crippen molar-refractivity contribution in [2.45, 2.75) is 70.6 Å². The molecule has 0 saturated heterocycles. The van der Waals surface area contributed by atoms with Gasteiger partial charge >= 0.3 is 0 Å². The summed E-state index contributed by atoms with van der Waals surface area (Å²) in [4.78, 5) is 0. The van der Waals surface area contributed by atoms with Gasteiger partial charge in [0.25, 0.3) is 0 Å². The van der Waals surface area contributed by atoms with Crippen molar-refractivity contribution >= 4 is 0 Å². The van der Waals surface area contributed by atoms with Gasteiger partial charge in [-0.2, -0.15) is 0 Å². The molecular formula is C17H28ClNO2. The van der Waals surface area contributed by atoms with E-state index in [-0.39, 0.29) is 36.1 Å². The summed E-state index contributed by atoms with van der Waals surface area (Å²) in [6, 6.07) is 5.98. The fraction of sp³-hybridized carbons (Fsp3) is 0.647. The molecule has 0 radical (unpaired) electrons. The standard InChI is InChI=1S/C17H27NO2.ClH/c1-5-17(6-2)14-10-13(19)8-7-12(14)9-15(16(17)18)20-11(3)4;/h7-8,10-11,15-16,19H,5-6,9,18H2,1-4H3;1H. The van der Waals surface area contributed by atoms with Gasteiger partial charge < -0.3 is 28.0 Å². The van der Waals surface area contributed by atoms with Crippen molar-refractivity contribution < 1.29 is 28.0 Å². The zero-order chi connectivity index (χ0) is 14.9. The maximum Gasteiger partial charge on any atom is 0.121 e. The summed E-state index contributed by atoms with van der Waals surface area (Å²) in [5.41, 5.74) is 7.03. The highest BCUT2D eigenvalue weighted by Crippen LogP contribution is 2.43. The number of quaternary nitrogens is 1. The SMILES string of the molecule is CCC1(CC)c2cc(O)ccc2CC(OC(C)C)C1[NH3+].[Cl-]. The summed E-state index contributed by atoms with van der Waals surface area (Å²) in [7, 11) is 0. The van der Waals surface area contributed by atoms with Crippen LogP contribution in [-0.2, 0) is 16.6 Å². The fourth-order valence-corrected chi connectivity index (χ4v) is 3.77. The first-order chi connectivity index (χ1) is 9.44. The molecule has 0 amide bonds. The zero-order valence-corrected chi connectivity index (χ0v) is 14.3. The quantitative estimate of drug-likeness (QED) is 0.781. The van der Waals surface area contributed by atoms with E-state index >= 15 is 0 Å². The Kier molecular flexibility index (Phi) is 6.09. The monoisotopic (exact) mass is 313 g/mol. The number of hydrogen-bond donors (Lipinski definition) is 2. The van der Waals surface area contributed by atoms with Gasteiger partial charge in [0.2, 0.25) is 0 Å². The lowest BCUT2D eigenvalue weighted by molar-refractivity contribution is -0.461. The predicted molar refractivity (Wildman–Crippen MR) is 80.8 cm³/mol. The lowest BCUT2D eigenvalue weighted by Gasteiger charge is -2.44. The van der Waals surface area contributed by atoms with Crippen LogP contribution in [0.2, 0.25) is 0 Å². The number of rotatable bonds is 4. The lowest BCUT2D eigenvalue weighted by atomic mass is 9.63. The largest absolute Gasteiger partial charge is 1.00 e. The van der Waals surface area contributed by atoms with E-state index in [1.54, 1.807) is 6.07 Å². The maximum atomic E-state index is 9.86. The normalized spacial score (nSPS) is 23.5. The number of ether oxygens (including phenoxy) is 1. The van der Waals surface area contributed by atoms with E-state index in [0.29, 0.717) is 5.75 Å². The molecule has 1 aromatic rings. The molecule has 1 aromatic carbocycles. The number of halogens is 1. The topological polar surface area (TPSA) is 57.1 Å². The Labute approximate surface area is 134 Å². The van der Waals surface area contributed by atoms with E-state index in [1.165, 1.54) is 11.1 Å². The van der Waals surface area contributed by atoms with Crippen LogP contribution in [0.3, 0.4) is 0 Å². The predicted octanol–water partition coefficient (Wildman–Crippen LogP) is -0.586. The molecule has 4 N–H and O–H groups in total. The molecule has 1 aliphatic carbocycles. The van der Waals surface area contributed by atoms with Crippen molar-refractivity contribution in [2.75, 3.05) is 0 Å². The van der Waals surface area contributed by atoms with E-state index in [0.717, 1.165) is 19.3 Å². The molecule has 3 nitrogen and oxygen atoms in total. The van der Waals surface area contributed by atoms with Gasteiger partial charge in [0.05, 0.1) is 6.10 Å². The molecule has 0 saturated carbocycles. The molecule has 0 bridgehead atoms. The lowest BCUT2D eigenvalue weighted by Crippen LogP contribution is -3.00. The van der Waals surface area contributed by atoms with E-state index < -0.39 is 0 Å². The molecule has 2 unspecified atom stereocenters. The van der Waals surface area contributed by atoms with E-state index in [4.69, 9.17) is 4.74 Å². The highest BCUT2D eigenvalue weighted by atomic mass is 35.5. The number of benzene rings is 1.